The lowest BCUT2D eigenvalue weighted by molar-refractivity contribution is 0.0914. The van der Waals surface area contributed by atoms with E-state index in [0.29, 0.717) is 12.2 Å². The van der Waals surface area contributed by atoms with Crippen LogP contribution < -0.4 is 0 Å². The fourth-order valence-electron chi connectivity index (χ4n) is 3.14. The summed E-state index contributed by atoms with van der Waals surface area (Å²) in [6.07, 6.45) is 3.18. The summed E-state index contributed by atoms with van der Waals surface area (Å²) >= 11 is 0. The van der Waals surface area contributed by atoms with Gasteiger partial charge in [-0.1, -0.05) is 37.3 Å². The van der Waals surface area contributed by atoms with Gasteiger partial charge in [0.1, 0.15) is 5.75 Å². The second-order valence-electron chi connectivity index (χ2n) is 6.04. The van der Waals surface area contributed by atoms with Gasteiger partial charge in [-0.3, -0.25) is 9.36 Å². The Morgan fingerprint density at radius 3 is 2.43 bits per heavy atom. The van der Waals surface area contributed by atoms with Crippen molar-refractivity contribution < 1.29 is 9.90 Å². The Balaban J connectivity index is 2.09. The lowest BCUT2D eigenvalue weighted by Crippen LogP contribution is -2.06. The van der Waals surface area contributed by atoms with E-state index in [1.807, 2.05) is 57.3 Å². The number of phenols is 1. The lowest BCUT2D eigenvalue weighted by atomic mass is 9.99. The van der Waals surface area contributed by atoms with E-state index in [9.17, 15) is 9.90 Å². The van der Waals surface area contributed by atoms with Crippen molar-refractivity contribution in [3.05, 3.63) is 64.8 Å². The standard InChI is InChI=1S/C20H21NO2/c1-4-19(22)21-12-16(17-7-5-6-8-18(17)21)11-15-9-13(2)20(23)14(3)10-15/h5-10,12,23H,4,11H2,1-3H3. The van der Waals surface area contributed by atoms with Crippen LogP contribution in [0, 0.1) is 13.8 Å². The van der Waals surface area contributed by atoms with Crippen molar-refractivity contribution in [1.29, 1.82) is 0 Å². The number of carbonyl (C=O) groups is 1. The average molecular weight is 307 g/mol. The monoisotopic (exact) mass is 307 g/mol. The molecule has 0 atom stereocenters. The van der Waals surface area contributed by atoms with Crippen LogP contribution in [0.15, 0.2) is 42.6 Å². The van der Waals surface area contributed by atoms with E-state index >= 15 is 0 Å². The fraction of sp³-hybridized carbons (Fsp3) is 0.250. The number of aromatic hydroxyl groups is 1. The van der Waals surface area contributed by atoms with E-state index < -0.39 is 0 Å². The van der Waals surface area contributed by atoms with Gasteiger partial charge < -0.3 is 5.11 Å². The first-order valence-electron chi connectivity index (χ1n) is 7.92. The topological polar surface area (TPSA) is 42.2 Å². The first-order valence-corrected chi connectivity index (χ1v) is 7.92. The maximum atomic E-state index is 12.2. The Labute approximate surface area is 136 Å². The molecule has 0 aliphatic heterocycles. The first-order chi connectivity index (χ1) is 11.0. The van der Waals surface area contributed by atoms with Crippen molar-refractivity contribution in [3.63, 3.8) is 0 Å². The Kier molecular flexibility index (Phi) is 3.95. The molecule has 3 rings (SSSR count). The van der Waals surface area contributed by atoms with Crippen LogP contribution in [0.2, 0.25) is 0 Å². The SMILES string of the molecule is CCC(=O)n1cc(Cc2cc(C)c(O)c(C)c2)c2ccccc21. The highest BCUT2D eigenvalue weighted by molar-refractivity contribution is 5.94. The van der Waals surface area contributed by atoms with Crippen LogP contribution in [-0.4, -0.2) is 15.6 Å². The summed E-state index contributed by atoms with van der Waals surface area (Å²) in [5.74, 6) is 0.461. The summed E-state index contributed by atoms with van der Waals surface area (Å²) in [5, 5.41) is 11.0. The minimum Gasteiger partial charge on any atom is -0.507 e. The van der Waals surface area contributed by atoms with E-state index in [1.54, 1.807) is 4.57 Å². The van der Waals surface area contributed by atoms with Crippen LogP contribution >= 0.6 is 0 Å². The largest absolute Gasteiger partial charge is 0.507 e. The van der Waals surface area contributed by atoms with Crippen molar-refractivity contribution in [2.45, 2.75) is 33.6 Å². The molecule has 0 unspecified atom stereocenters. The number of benzene rings is 2. The molecule has 0 amide bonds. The van der Waals surface area contributed by atoms with E-state index in [1.165, 1.54) is 0 Å². The second-order valence-corrected chi connectivity index (χ2v) is 6.04. The zero-order valence-corrected chi connectivity index (χ0v) is 13.8. The van der Waals surface area contributed by atoms with Crippen molar-refractivity contribution in [1.82, 2.24) is 4.57 Å². The number of para-hydroxylation sites is 1. The molecule has 23 heavy (non-hydrogen) atoms. The summed E-state index contributed by atoms with van der Waals surface area (Å²) in [4.78, 5) is 12.2. The molecule has 0 aliphatic carbocycles. The highest BCUT2D eigenvalue weighted by atomic mass is 16.3. The molecule has 3 heteroatoms. The summed E-state index contributed by atoms with van der Waals surface area (Å²) in [7, 11) is 0. The Hall–Kier alpha value is -2.55. The van der Waals surface area contributed by atoms with Crippen LogP contribution in [-0.2, 0) is 6.42 Å². The molecule has 3 aromatic rings. The number of phenolic OH excluding ortho intramolecular Hbond substituents is 1. The normalized spacial score (nSPS) is 11.1. The zero-order chi connectivity index (χ0) is 16.6. The molecular formula is C20H21NO2. The van der Waals surface area contributed by atoms with Gasteiger partial charge in [-0.2, -0.15) is 0 Å². The third-order valence-electron chi connectivity index (χ3n) is 4.31. The van der Waals surface area contributed by atoms with Crippen molar-refractivity contribution in [3.8, 4) is 5.75 Å². The van der Waals surface area contributed by atoms with Crippen molar-refractivity contribution >= 4 is 16.8 Å². The van der Waals surface area contributed by atoms with Gasteiger partial charge in [-0.25, -0.2) is 0 Å². The molecular weight excluding hydrogens is 286 g/mol. The highest BCUT2D eigenvalue weighted by Crippen LogP contribution is 2.28. The number of carbonyl (C=O) groups excluding carboxylic acids is 1. The van der Waals surface area contributed by atoms with Gasteiger partial charge in [0.15, 0.2) is 0 Å². The molecule has 118 valence electrons. The minimum absolute atomic E-state index is 0.102. The molecule has 2 aromatic carbocycles. The lowest BCUT2D eigenvalue weighted by Gasteiger charge is -2.07. The van der Waals surface area contributed by atoms with E-state index in [2.05, 4.69) is 6.07 Å². The fourth-order valence-corrected chi connectivity index (χ4v) is 3.14. The Morgan fingerprint density at radius 2 is 1.78 bits per heavy atom. The van der Waals surface area contributed by atoms with Crippen molar-refractivity contribution in [2.75, 3.05) is 0 Å². The smallest absolute Gasteiger partial charge is 0.230 e. The van der Waals surface area contributed by atoms with E-state index in [4.69, 9.17) is 0 Å². The number of hydrogen-bond donors (Lipinski definition) is 1. The zero-order valence-electron chi connectivity index (χ0n) is 13.8. The van der Waals surface area contributed by atoms with Gasteiger partial charge in [0.05, 0.1) is 5.52 Å². The minimum atomic E-state index is 0.102. The van der Waals surface area contributed by atoms with E-state index in [0.717, 1.165) is 39.6 Å². The van der Waals surface area contributed by atoms with Crippen LogP contribution in [0.1, 0.15) is 40.4 Å². The number of fused-ring (bicyclic) bond motifs is 1. The summed E-state index contributed by atoms with van der Waals surface area (Å²) in [6, 6.07) is 12.0. The molecule has 0 fully saturated rings. The number of aromatic nitrogens is 1. The van der Waals surface area contributed by atoms with Gasteiger partial charge in [0, 0.05) is 18.0 Å². The van der Waals surface area contributed by atoms with Crippen LogP contribution in [0.4, 0.5) is 0 Å². The van der Waals surface area contributed by atoms with Gasteiger partial charge in [-0.15, -0.1) is 0 Å². The predicted octanol–water partition coefficient (Wildman–Crippen LogP) is 4.60. The summed E-state index contributed by atoms with van der Waals surface area (Å²) in [5.41, 5.74) is 5.00. The summed E-state index contributed by atoms with van der Waals surface area (Å²) in [6.45, 7) is 5.70. The van der Waals surface area contributed by atoms with Crippen LogP contribution in [0.3, 0.4) is 0 Å². The average Bonchev–Trinajstić information content (AvgIpc) is 2.91. The number of hydrogen-bond acceptors (Lipinski definition) is 2. The molecule has 0 spiro atoms. The molecule has 0 saturated carbocycles. The maximum Gasteiger partial charge on any atom is 0.230 e. The summed E-state index contributed by atoms with van der Waals surface area (Å²) < 4.78 is 1.75. The third-order valence-corrected chi connectivity index (χ3v) is 4.31. The molecule has 0 saturated heterocycles. The Morgan fingerprint density at radius 1 is 1.13 bits per heavy atom. The van der Waals surface area contributed by atoms with Gasteiger partial charge >= 0.3 is 0 Å². The number of aryl methyl sites for hydroxylation is 2. The van der Waals surface area contributed by atoms with Gasteiger partial charge in [0.2, 0.25) is 5.91 Å². The molecule has 1 N–H and O–H groups in total. The molecule has 1 aromatic heterocycles. The third kappa shape index (κ3) is 2.74. The maximum absolute atomic E-state index is 12.2. The van der Waals surface area contributed by atoms with Crippen LogP contribution in [0.5, 0.6) is 5.75 Å². The molecule has 0 bridgehead atoms. The number of nitrogens with zero attached hydrogens (tertiary/aromatic N) is 1. The van der Waals surface area contributed by atoms with E-state index in [-0.39, 0.29) is 5.91 Å². The van der Waals surface area contributed by atoms with Crippen LogP contribution in [0.25, 0.3) is 10.9 Å². The predicted molar refractivity (Wildman–Crippen MR) is 93.2 cm³/mol. The quantitative estimate of drug-likeness (QED) is 0.768. The molecule has 0 radical (unpaired) electrons. The molecule has 0 aliphatic rings. The van der Waals surface area contributed by atoms with Gasteiger partial charge in [-0.05, 0) is 48.6 Å². The Bertz CT molecular complexity index is 867. The number of rotatable bonds is 3. The van der Waals surface area contributed by atoms with Gasteiger partial charge in [0.25, 0.3) is 0 Å². The molecule has 1 heterocycles. The first kappa shape index (κ1) is 15.3. The van der Waals surface area contributed by atoms with Crippen molar-refractivity contribution in [2.24, 2.45) is 0 Å². The second kappa shape index (κ2) is 5.92. The highest BCUT2D eigenvalue weighted by Gasteiger charge is 2.13. The molecule has 3 nitrogen and oxygen atoms in total.